The van der Waals surface area contributed by atoms with E-state index in [9.17, 15) is 9.59 Å². The molecule has 1 aliphatic heterocycles. The molecule has 6 nitrogen and oxygen atoms in total. The molecule has 1 aliphatic rings. The lowest BCUT2D eigenvalue weighted by molar-refractivity contribution is 0.0932. The maximum atomic E-state index is 12.1. The first-order chi connectivity index (χ1) is 10.1. The number of nitrogens with one attached hydrogen (secondary N) is 1. The Hall–Kier alpha value is -1.69. The Kier molecular flexibility index (Phi) is 5.50. The monoisotopic (exact) mass is 292 g/mol. The van der Waals surface area contributed by atoms with E-state index in [0.717, 1.165) is 19.5 Å². The van der Waals surface area contributed by atoms with E-state index in [-0.39, 0.29) is 11.5 Å². The number of aromatic nitrogens is 2. The number of rotatable bonds is 6. The molecular formula is C15H24N4O2. The lowest BCUT2D eigenvalue weighted by Gasteiger charge is -2.23. The number of hydrogen-bond donors (Lipinski definition) is 1. The lowest BCUT2D eigenvalue weighted by atomic mass is 10.3. The van der Waals surface area contributed by atoms with E-state index < -0.39 is 0 Å². The molecule has 1 atom stereocenters. The minimum atomic E-state index is -0.217. The van der Waals surface area contributed by atoms with E-state index in [0.29, 0.717) is 24.8 Å². The highest BCUT2D eigenvalue weighted by atomic mass is 16.2. The van der Waals surface area contributed by atoms with Crippen molar-refractivity contribution in [3.63, 3.8) is 0 Å². The molecule has 21 heavy (non-hydrogen) atoms. The molecule has 2 heterocycles. The summed E-state index contributed by atoms with van der Waals surface area (Å²) in [5.74, 6) is -0.217. The van der Waals surface area contributed by atoms with Gasteiger partial charge in [-0.2, -0.15) is 5.10 Å². The molecule has 1 fully saturated rings. The van der Waals surface area contributed by atoms with Crippen LogP contribution in [-0.2, 0) is 6.54 Å². The van der Waals surface area contributed by atoms with Gasteiger partial charge in [0.2, 0.25) is 0 Å². The Morgan fingerprint density at radius 3 is 2.76 bits per heavy atom. The maximum absolute atomic E-state index is 12.1. The van der Waals surface area contributed by atoms with Crippen molar-refractivity contribution >= 4 is 5.91 Å². The second kappa shape index (κ2) is 7.36. The van der Waals surface area contributed by atoms with Gasteiger partial charge in [0, 0.05) is 25.2 Å². The van der Waals surface area contributed by atoms with E-state index in [2.05, 4.69) is 22.2 Å². The SMILES string of the molecule is CCCn1nc(C(=O)NCC(C)N2CCCC2)ccc1=O. The molecule has 0 bridgehead atoms. The molecule has 116 valence electrons. The molecule has 0 spiro atoms. The zero-order valence-electron chi connectivity index (χ0n) is 12.8. The molecule has 1 aromatic heterocycles. The Morgan fingerprint density at radius 1 is 1.38 bits per heavy atom. The Balaban J connectivity index is 1.93. The smallest absolute Gasteiger partial charge is 0.271 e. The van der Waals surface area contributed by atoms with Gasteiger partial charge in [-0.05, 0) is 45.3 Å². The van der Waals surface area contributed by atoms with Gasteiger partial charge in [0.25, 0.3) is 11.5 Å². The summed E-state index contributed by atoms with van der Waals surface area (Å²) in [5, 5.41) is 7.02. The average molecular weight is 292 g/mol. The van der Waals surface area contributed by atoms with Gasteiger partial charge in [-0.15, -0.1) is 0 Å². The molecule has 6 heteroatoms. The first-order valence-electron chi connectivity index (χ1n) is 7.72. The number of amides is 1. The van der Waals surface area contributed by atoms with Crippen molar-refractivity contribution < 1.29 is 4.79 Å². The van der Waals surface area contributed by atoms with Crippen molar-refractivity contribution in [1.29, 1.82) is 0 Å². The lowest BCUT2D eigenvalue weighted by Crippen LogP contribution is -2.41. The van der Waals surface area contributed by atoms with Gasteiger partial charge in [0.1, 0.15) is 5.69 Å². The van der Waals surface area contributed by atoms with Gasteiger partial charge in [-0.1, -0.05) is 6.92 Å². The second-order valence-electron chi connectivity index (χ2n) is 5.58. The van der Waals surface area contributed by atoms with Gasteiger partial charge in [0.15, 0.2) is 0 Å². The Bertz CT molecular complexity index is 535. The molecule has 1 saturated heterocycles. The van der Waals surface area contributed by atoms with Crippen LogP contribution < -0.4 is 10.9 Å². The average Bonchev–Trinajstić information content (AvgIpc) is 3.01. The van der Waals surface area contributed by atoms with Gasteiger partial charge in [-0.3, -0.25) is 14.5 Å². The fraction of sp³-hybridized carbons (Fsp3) is 0.667. The van der Waals surface area contributed by atoms with Gasteiger partial charge in [-0.25, -0.2) is 4.68 Å². The largest absolute Gasteiger partial charge is 0.349 e. The van der Waals surface area contributed by atoms with Crippen LogP contribution in [0.5, 0.6) is 0 Å². The van der Waals surface area contributed by atoms with Crippen molar-refractivity contribution in [2.45, 2.75) is 45.7 Å². The molecule has 0 aliphatic carbocycles. The number of aryl methyl sites for hydroxylation is 1. The third-order valence-corrected chi connectivity index (χ3v) is 3.86. The number of likely N-dealkylation sites (tertiary alicyclic amines) is 1. The number of hydrogen-bond acceptors (Lipinski definition) is 4. The molecule has 0 aromatic carbocycles. The van der Waals surface area contributed by atoms with Crippen LogP contribution in [0.2, 0.25) is 0 Å². The Morgan fingerprint density at radius 2 is 2.10 bits per heavy atom. The highest BCUT2D eigenvalue weighted by Crippen LogP contribution is 2.10. The van der Waals surface area contributed by atoms with Crippen LogP contribution in [0, 0.1) is 0 Å². The topological polar surface area (TPSA) is 67.2 Å². The molecule has 0 radical (unpaired) electrons. The van der Waals surface area contributed by atoms with Gasteiger partial charge < -0.3 is 5.32 Å². The summed E-state index contributed by atoms with van der Waals surface area (Å²) < 4.78 is 1.35. The zero-order valence-corrected chi connectivity index (χ0v) is 12.8. The minimum Gasteiger partial charge on any atom is -0.349 e. The summed E-state index contributed by atoms with van der Waals surface area (Å²) in [6.45, 7) is 7.44. The summed E-state index contributed by atoms with van der Waals surface area (Å²) in [6.07, 6.45) is 3.29. The number of carbonyl (C=O) groups excluding carboxylic acids is 1. The highest BCUT2D eigenvalue weighted by molar-refractivity contribution is 5.91. The summed E-state index contributed by atoms with van der Waals surface area (Å²) in [5.41, 5.74) is 0.135. The molecular weight excluding hydrogens is 268 g/mol. The molecule has 1 amide bonds. The standard InChI is InChI=1S/C15H24N4O2/c1-3-8-19-14(20)7-6-13(17-19)15(21)16-11-12(2)18-9-4-5-10-18/h6-7,12H,3-5,8-11H2,1-2H3,(H,16,21). The van der Waals surface area contributed by atoms with Crippen LogP contribution >= 0.6 is 0 Å². The van der Waals surface area contributed by atoms with Crippen molar-refractivity contribution in [3.8, 4) is 0 Å². The van der Waals surface area contributed by atoms with Crippen LogP contribution in [-0.4, -0.2) is 46.3 Å². The number of carbonyl (C=O) groups is 1. The predicted octanol–water partition coefficient (Wildman–Crippen LogP) is 0.867. The predicted molar refractivity (Wildman–Crippen MR) is 81.4 cm³/mol. The number of nitrogens with zero attached hydrogens (tertiary/aromatic N) is 3. The summed E-state index contributed by atoms with van der Waals surface area (Å²) in [6, 6.07) is 3.23. The van der Waals surface area contributed by atoms with Crippen molar-refractivity contribution in [3.05, 3.63) is 28.2 Å². The summed E-state index contributed by atoms with van der Waals surface area (Å²) >= 11 is 0. The van der Waals surface area contributed by atoms with Crippen LogP contribution in [0.4, 0.5) is 0 Å². The zero-order chi connectivity index (χ0) is 15.2. The minimum absolute atomic E-state index is 0.168. The van der Waals surface area contributed by atoms with Crippen LogP contribution in [0.25, 0.3) is 0 Å². The fourth-order valence-corrected chi connectivity index (χ4v) is 2.58. The van der Waals surface area contributed by atoms with Crippen LogP contribution in [0.1, 0.15) is 43.6 Å². The quantitative estimate of drug-likeness (QED) is 0.845. The molecule has 0 saturated carbocycles. The van der Waals surface area contributed by atoms with E-state index >= 15 is 0 Å². The molecule has 1 unspecified atom stereocenters. The second-order valence-corrected chi connectivity index (χ2v) is 5.58. The van der Waals surface area contributed by atoms with Crippen LogP contribution in [0.15, 0.2) is 16.9 Å². The third kappa shape index (κ3) is 4.14. The molecule has 1 aromatic rings. The van der Waals surface area contributed by atoms with E-state index in [1.54, 1.807) is 0 Å². The van der Waals surface area contributed by atoms with Crippen LogP contribution in [0.3, 0.4) is 0 Å². The van der Waals surface area contributed by atoms with Crippen molar-refractivity contribution in [2.75, 3.05) is 19.6 Å². The van der Waals surface area contributed by atoms with Gasteiger partial charge >= 0.3 is 0 Å². The molecule has 1 N–H and O–H groups in total. The summed E-state index contributed by atoms with van der Waals surface area (Å²) in [4.78, 5) is 26.1. The van der Waals surface area contributed by atoms with E-state index in [4.69, 9.17) is 0 Å². The molecule has 2 rings (SSSR count). The normalized spacial score (nSPS) is 16.9. The van der Waals surface area contributed by atoms with Crippen molar-refractivity contribution in [2.24, 2.45) is 0 Å². The van der Waals surface area contributed by atoms with E-state index in [1.165, 1.54) is 29.7 Å². The Labute approximate surface area is 125 Å². The first-order valence-corrected chi connectivity index (χ1v) is 7.72. The maximum Gasteiger partial charge on any atom is 0.271 e. The van der Waals surface area contributed by atoms with E-state index in [1.807, 2.05) is 6.92 Å². The summed E-state index contributed by atoms with van der Waals surface area (Å²) in [7, 11) is 0. The first kappa shape index (κ1) is 15.7. The fourth-order valence-electron chi connectivity index (χ4n) is 2.58. The van der Waals surface area contributed by atoms with Crippen molar-refractivity contribution in [1.82, 2.24) is 20.0 Å². The van der Waals surface area contributed by atoms with Gasteiger partial charge in [0.05, 0.1) is 0 Å². The third-order valence-electron chi connectivity index (χ3n) is 3.86. The highest BCUT2D eigenvalue weighted by Gasteiger charge is 2.19.